The van der Waals surface area contributed by atoms with Crippen LogP contribution in [0.4, 0.5) is 0 Å². The minimum absolute atomic E-state index is 0.0577. The third-order valence-corrected chi connectivity index (χ3v) is 6.91. The van der Waals surface area contributed by atoms with Gasteiger partial charge in [-0.2, -0.15) is 11.8 Å². The molecule has 6 atom stereocenters. The Bertz CT molecular complexity index is 618. The number of ether oxygens (including phenoxy) is 2. The Hall–Kier alpha value is -1.35. The molecule has 4 N–H and O–H groups in total. The third kappa shape index (κ3) is 8.50. The summed E-state index contributed by atoms with van der Waals surface area (Å²) in [5.74, 6) is -1.31. The summed E-state index contributed by atoms with van der Waals surface area (Å²) in [6.07, 6.45) is 6.56. The minimum atomic E-state index is -1.39. The first-order valence-electron chi connectivity index (χ1n) is 9.88. The highest BCUT2D eigenvalue weighted by Crippen LogP contribution is 2.30. The maximum Gasteiger partial charge on any atom is 0.321 e. The van der Waals surface area contributed by atoms with E-state index in [4.69, 9.17) is 20.3 Å². The van der Waals surface area contributed by atoms with E-state index >= 15 is 0 Å². The molecule has 0 saturated heterocycles. The number of hydrogen-bond donors (Lipinski definition) is 3. The molecule has 0 aromatic heterocycles. The van der Waals surface area contributed by atoms with E-state index in [9.17, 15) is 14.7 Å². The van der Waals surface area contributed by atoms with Crippen LogP contribution in [-0.2, 0) is 19.1 Å². The van der Waals surface area contributed by atoms with Crippen molar-refractivity contribution in [2.45, 2.75) is 76.1 Å². The van der Waals surface area contributed by atoms with Crippen LogP contribution in [0.15, 0.2) is 23.8 Å². The van der Waals surface area contributed by atoms with Crippen LogP contribution in [0.25, 0.3) is 0 Å². The molecule has 0 spiro atoms. The second-order valence-corrected chi connectivity index (χ2v) is 9.15. The molecule has 0 saturated carbocycles. The van der Waals surface area contributed by atoms with Crippen LogP contribution < -0.4 is 5.73 Å². The van der Waals surface area contributed by atoms with E-state index < -0.39 is 28.8 Å². The van der Waals surface area contributed by atoms with Gasteiger partial charge in [0.1, 0.15) is 12.1 Å². The molecule has 29 heavy (non-hydrogen) atoms. The van der Waals surface area contributed by atoms with Gasteiger partial charge in [-0.15, -0.1) is 0 Å². The van der Waals surface area contributed by atoms with Gasteiger partial charge >= 0.3 is 11.9 Å². The summed E-state index contributed by atoms with van der Waals surface area (Å²) in [5.41, 5.74) is 5.25. The van der Waals surface area contributed by atoms with Crippen molar-refractivity contribution in [2.75, 3.05) is 12.9 Å². The fourth-order valence-corrected chi connectivity index (χ4v) is 4.23. The van der Waals surface area contributed by atoms with Crippen molar-refractivity contribution >= 4 is 23.7 Å². The Labute approximate surface area is 177 Å². The molecule has 1 heterocycles. The Morgan fingerprint density at radius 3 is 2.72 bits per heavy atom. The van der Waals surface area contributed by atoms with E-state index in [2.05, 4.69) is 6.08 Å². The monoisotopic (exact) mass is 429 g/mol. The van der Waals surface area contributed by atoms with E-state index in [0.717, 1.165) is 30.2 Å². The third-order valence-electron chi connectivity index (χ3n) is 5.32. The molecule has 8 heteroatoms. The maximum atomic E-state index is 12.5. The van der Waals surface area contributed by atoms with Gasteiger partial charge in [-0.25, -0.2) is 0 Å². The average molecular weight is 430 g/mol. The molecule has 1 rings (SSSR count). The Kier molecular flexibility index (Phi) is 10.4. The summed E-state index contributed by atoms with van der Waals surface area (Å²) in [4.78, 5) is 23.5. The van der Waals surface area contributed by atoms with Gasteiger partial charge in [-0.05, 0) is 45.1 Å². The minimum Gasteiger partial charge on any atom is -0.480 e. The van der Waals surface area contributed by atoms with Crippen molar-refractivity contribution in [1.29, 1.82) is 0 Å². The fourth-order valence-electron chi connectivity index (χ4n) is 2.98. The second-order valence-electron chi connectivity index (χ2n) is 7.91. The highest BCUT2D eigenvalue weighted by molar-refractivity contribution is 8.00. The van der Waals surface area contributed by atoms with E-state index in [1.165, 1.54) is 0 Å². The van der Waals surface area contributed by atoms with Crippen LogP contribution in [0.5, 0.6) is 0 Å². The maximum absolute atomic E-state index is 12.5. The van der Waals surface area contributed by atoms with Crippen LogP contribution in [0.2, 0.25) is 0 Å². The van der Waals surface area contributed by atoms with Crippen LogP contribution in [0, 0.1) is 5.92 Å². The molecule has 0 radical (unpaired) electrons. The number of carbonyl (C=O) groups excluding carboxylic acids is 1. The highest BCUT2D eigenvalue weighted by atomic mass is 32.2. The Morgan fingerprint density at radius 2 is 2.14 bits per heavy atom. The average Bonchev–Trinajstić information content (AvgIpc) is 2.63. The van der Waals surface area contributed by atoms with Gasteiger partial charge < -0.3 is 25.4 Å². The van der Waals surface area contributed by atoms with Crippen LogP contribution in [-0.4, -0.2) is 64.1 Å². The lowest BCUT2D eigenvalue weighted by Crippen LogP contribution is -2.40. The highest BCUT2D eigenvalue weighted by Gasteiger charge is 2.34. The number of methoxy groups -OCH3 is 1. The topological polar surface area (TPSA) is 119 Å². The van der Waals surface area contributed by atoms with Crippen molar-refractivity contribution in [3.05, 3.63) is 23.8 Å². The first-order valence-corrected chi connectivity index (χ1v) is 10.9. The zero-order chi connectivity index (χ0) is 22.2. The number of hydrogen-bond acceptors (Lipinski definition) is 7. The molecule has 1 aliphatic rings. The number of cyclic esters (lactones) is 1. The van der Waals surface area contributed by atoms with Crippen LogP contribution in [0.3, 0.4) is 0 Å². The number of thioether (sulfide) groups is 1. The van der Waals surface area contributed by atoms with Crippen molar-refractivity contribution in [2.24, 2.45) is 11.7 Å². The van der Waals surface area contributed by atoms with Crippen molar-refractivity contribution in [3.63, 3.8) is 0 Å². The summed E-state index contributed by atoms with van der Waals surface area (Å²) in [5, 5.41) is 19.5. The normalized spacial score (nSPS) is 36.2. The molecular weight excluding hydrogens is 394 g/mol. The summed E-state index contributed by atoms with van der Waals surface area (Å²) in [6.45, 7) is 7.47. The number of nitrogens with two attached hydrogens (primary N) is 1. The molecule has 7 nitrogen and oxygen atoms in total. The van der Waals surface area contributed by atoms with E-state index in [-0.39, 0.29) is 30.3 Å². The summed E-state index contributed by atoms with van der Waals surface area (Å²) in [6, 6.07) is -1.08. The molecule has 6 unspecified atom stereocenters. The first kappa shape index (κ1) is 25.7. The molecule has 0 aromatic rings. The predicted octanol–water partition coefficient (Wildman–Crippen LogP) is 2.52. The number of carboxylic acid groups (broad SMARTS) is 1. The number of rotatable bonds is 5. The Morgan fingerprint density at radius 1 is 1.48 bits per heavy atom. The number of aliphatic hydroxyl groups is 1. The first-order chi connectivity index (χ1) is 13.5. The number of carboxylic acids is 1. The quantitative estimate of drug-likeness (QED) is 0.451. The summed E-state index contributed by atoms with van der Waals surface area (Å²) >= 11 is 1.15. The summed E-state index contributed by atoms with van der Waals surface area (Å²) < 4.78 is 11.1. The molecule has 166 valence electrons. The van der Waals surface area contributed by atoms with Gasteiger partial charge in [-0.1, -0.05) is 25.2 Å². The van der Waals surface area contributed by atoms with E-state index in [0.29, 0.717) is 0 Å². The smallest absolute Gasteiger partial charge is 0.321 e. The van der Waals surface area contributed by atoms with E-state index in [1.54, 1.807) is 26.2 Å². The number of carbonyl (C=O) groups is 2. The molecule has 0 aliphatic carbocycles. The van der Waals surface area contributed by atoms with Crippen LogP contribution >= 0.6 is 11.8 Å². The molecule has 0 aromatic carbocycles. The standard InChI is InChI=1S/C21H35NO6S/c1-13-7-6-8-14(2)17(27-5)9-10-21(4,26)18(11-19(23)28-15(13)3)29-12-16(22)20(24)25/h8-10,13,15-18,26H,6-7,11-12,22H2,1-5H3,(H,24,25)/b10-9+,14-8-. The van der Waals surface area contributed by atoms with Gasteiger partial charge in [-0.3, -0.25) is 9.59 Å². The molecule has 1 aliphatic heterocycles. The zero-order valence-corrected chi connectivity index (χ0v) is 18.8. The molecule has 0 bridgehead atoms. The van der Waals surface area contributed by atoms with Crippen molar-refractivity contribution in [1.82, 2.24) is 0 Å². The molecular formula is C21H35NO6S. The van der Waals surface area contributed by atoms with Gasteiger partial charge in [0.15, 0.2) is 0 Å². The predicted molar refractivity (Wildman–Crippen MR) is 115 cm³/mol. The van der Waals surface area contributed by atoms with E-state index in [1.807, 2.05) is 20.8 Å². The number of allylic oxidation sites excluding steroid dienone is 1. The van der Waals surface area contributed by atoms with Crippen molar-refractivity contribution in [3.8, 4) is 0 Å². The number of aliphatic carboxylic acids is 1. The second kappa shape index (κ2) is 11.7. The lowest BCUT2D eigenvalue weighted by Gasteiger charge is -2.31. The summed E-state index contributed by atoms with van der Waals surface area (Å²) in [7, 11) is 1.60. The number of esters is 1. The Balaban J connectivity index is 3.17. The zero-order valence-electron chi connectivity index (χ0n) is 18.0. The fraction of sp³-hybridized carbons (Fsp3) is 0.714. The van der Waals surface area contributed by atoms with Crippen molar-refractivity contribution < 1.29 is 29.3 Å². The van der Waals surface area contributed by atoms with Gasteiger partial charge in [0.05, 0.1) is 18.1 Å². The lowest BCUT2D eigenvalue weighted by atomic mass is 9.95. The van der Waals surface area contributed by atoms with Gasteiger partial charge in [0, 0.05) is 18.1 Å². The van der Waals surface area contributed by atoms with Gasteiger partial charge in [0.25, 0.3) is 0 Å². The molecule has 0 amide bonds. The van der Waals surface area contributed by atoms with Gasteiger partial charge in [0.2, 0.25) is 0 Å². The largest absolute Gasteiger partial charge is 0.480 e. The SMILES string of the molecule is COC1/C=C/C(C)(O)C(SCC(N)C(=O)O)CC(=O)OC(C)C(C)CC/C=C\1C. The van der Waals surface area contributed by atoms with Crippen LogP contribution in [0.1, 0.15) is 47.0 Å². The molecule has 0 fully saturated rings. The lowest BCUT2D eigenvalue weighted by molar-refractivity contribution is -0.151.